The molecule has 0 saturated heterocycles. The van der Waals surface area contributed by atoms with E-state index in [4.69, 9.17) is 10.3 Å². The normalized spacial score (nSPS) is 10.5. The monoisotopic (exact) mass is 301 g/mol. The van der Waals surface area contributed by atoms with E-state index >= 15 is 0 Å². The molecular weight excluding hydrogens is 292 g/mol. The third-order valence-electron chi connectivity index (χ3n) is 3.03. The van der Waals surface area contributed by atoms with Gasteiger partial charge in [-0.2, -0.15) is 0 Å². The van der Waals surface area contributed by atoms with Gasteiger partial charge in [-0.3, -0.25) is 0 Å². The molecule has 2 aromatic carbocycles. The van der Waals surface area contributed by atoms with E-state index in [1.807, 2.05) is 0 Å². The van der Waals surface area contributed by atoms with Crippen molar-refractivity contribution < 1.29 is 24.7 Å². The first-order valence-electron chi connectivity index (χ1n) is 6.08. The highest BCUT2D eigenvalue weighted by atomic mass is 16.6. The number of rotatable bonds is 4. The molecule has 0 atom stereocenters. The van der Waals surface area contributed by atoms with Crippen molar-refractivity contribution in [2.45, 2.75) is 0 Å². The Kier molecular flexibility index (Phi) is 3.14. The zero-order valence-electron chi connectivity index (χ0n) is 10.9. The summed E-state index contributed by atoms with van der Waals surface area (Å²) < 4.78 is 4.58. The Hall–Kier alpha value is -3.49. The second kappa shape index (κ2) is 5.13. The number of nitrogens with one attached hydrogen (secondary N) is 1. The summed E-state index contributed by atoms with van der Waals surface area (Å²) in [5.74, 6) is -1.09. The van der Waals surface area contributed by atoms with Crippen LogP contribution in [0.3, 0.4) is 0 Å². The van der Waals surface area contributed by atoms with Crippen LogP contribution in [0.15, 0.2) is 41.0 Å². The first-order chi connectivity index (χ1) is 10.6. The van der Waals surface area contributed by atoms with E-state index in [0.717, 1.165) is 0 Å². The molecule has 110 valence electrons. The molecule has 9 nitrogen and oxygen atoms in total. The number of aromatic carboxylic acids is 1. The van der Waals surface area contributed by atoms with Crippen LogP contribution in [0.25, 0.3) is 11.0 Å². The number of anilines is 2. The van der Waals surface area contributed by atoms with Gasteiger partial charge in [-0.25, -0.2) is 14.6 Å². The van der Waals surface area contributed by atoms with Crippen molar-refractivity contribution in [3.8, 4) is 0 Å². The standard InChI is InChI=1S/C13H8N4O5/c18-13(19)7-3-1-2-4-8(7)14-9-5-6-10(17(20)21)12-11(9)15-22-16-12/h1-6H,(H2-,14,16,18,19,20,21)/p+1. The van der Waals surface area contributed by atoms with Gasteiger partial charge in [0.25, 0.3) is 4.92 Å². The van der Waals surface area contributed by atoms with Crippen LogP contribution in [0.5, 0.6) is 0 Å². The van der Waals surface area contributed by atoms with Gasteiger partial charge in [0, 0.05) is 6.07 Å². The predicted octanol–water partition coefficient (Wildman–Crippen LogP) is 2.46. The number of carbonyl (C=O) groups is 1. The summed E-state index contributed by atoms with van der Waals surface area (Å²) in [6, 6.07) is 9.08. The summed E-state index contributed by atoms with van der Waals surface area (Å²) in [6.45, 7) is 0. The molecule has 0 aliphatic carbocycles. The van der Waals surface area contributed by atoms with E-state index in [0.29, 0.717) is 11.4 Å². The number of benzene rings is 2. The van der Waals surface area contributed by atoms with Crippen LogP contribution in [0.4, 0.5) is 17.1 Å². The SMILES string of the molecule is O=C(O)c1ccccc1Nc1ccc([N+](=O)O)c2nonc12. The maximum absolute atomic E-state index is 11.2. The van der Waals surface area contributed by atoms with Gasteiger partial charge in [0.2, 0.25) is 5.52 Å². The van der Waals surface area contributed by atoms with Crippen molar-refractivity contribution in [2.24, 2.45) is 0 Å². The van der Waals surface area contributed by atoms with Crippen molar-refractivity contribution in [1.82, 2.24) is 10.3 Å². The van der Waals surface area contributed by atoms with Crippen molar-refractivity contribution in [1.29, 1.82) is 0 Å². The highest BCUT2D eigenvalue weighted by molar-refractivity contribution is 5.99. The predicted molar refractivity (Wildman–Crippen MR) is 73.6 cm³/mol. The number of fused-ring (bicyclic) bond motifs is 1. The number of hydrogen-bond donors (Lipinski definition) is 3. The molecule has 3 aromatic rings. The molecule has 0 radical (unpaired) electrons. The molecule has 0 fully saturated rings. The van der Waals surface area contributed by atoms with E-state index in [1.165, 1.54) is 18.2 Å². The Balaban J connectivity index is 2.10. The maximum Gasteiger partial charge on any atom is 0.347 e. The van der Waals surface area contributed by atoms with Gasteiger partial charge in [-0.05, 0) is 28.5 Å². The van der Waals surface area contributed by atoms with Crippen LogP contribution in [-0.2, 0) is 0 Å². The molecule has 9 heteroatoms. The topological polar surface area (TPSA) is 129 Å². The number of aromatic nitrogens is 2. The number of nitrogens with zero attached hydrogens (tertiary/aromatic N) is 3. The van der Waals surface area contributed by atoms with Crippen molar-refractivity contribution >= 4 is 34.1 Å². The number of para-hydroxylation sites is 1. The van der Waals surface area contributed by atoms with Gasteiger partial charge in [0.1, 0.15) is 0 Å². The summed E-state index contributed by atoms with van der Waals surface area (Å²) in [5.41, 5.74) is 0.908. The summed E-state index contributed by atoms with van der Waals surface area (Å²) in [5, 5.41) is 28.3. The number of hydrogen-bond acceptors (Lipinski definition) is 6. The van der Waals surface area contributed by atoms with Gasteiger partial charge in [-0.15, -0.1) is 0 Å². The molecule has 0 bridgehead atoms. The quantitative estimate of drug-likeness (QED) is 0.627. The third-order valence-corrected chi connectivity index (χ3v) is 3.03. The summed E-state index contributed by atoms with van der Waals surface area (Å²) in [4.78, 5) is 21.9. The Morgan fingerprint density at radius 2 is 1.82 bits per heavy atom. The van der Waals surface area contributed by atoms with Gasteiger partial charge in [-0.1, -0.05) is 12.1 Å². The van der Waals surface area contributed by atoms with E-state index in [1.54, 1.807) is 18.2 Å². The Labute approximate surface area is 122 Å². The van der Waals surface area contributed by atoms with E-state index in [2.05, 4.69) is 20.3 Å². The largest absolute Gasteiger partial charge is 0.478 e. The molecule has 1 heterocycles. The van der Waals surface area contributed by atoms with Gasteiger partial charge in [0.05, 0.1) is 21.8 Å². The molecule has 0 aliphatic heterocycles. The Bertz CT molecular complexity index is 889. The van der Waals surface area contributed by atoms with Crippen molar-refractivity contribution in [3.63, 3.8) is 0 Å². The van der Waals surface area contributed by atoms with Crippen LogP contribution >= 0.6 is 0 Å². The van der Waals surface area contributed by atoms with Crippen LogP contribution in [0, 0.1) is 4.91 Å². The van der Waals surface area contributed by atoms with E-state index < -0.39 is 5.97 Å². The molecule has 22 heavy (non-hydrogen) atoms. The fraction of sp³-hybridized carbons (Fsp3) is 0. The molecule has 3 rings (SSSR count). The molecule has 0 spiro atoms. The average molecular weight is 301 g/mol. The molecular formula is C13H9N4O5+. The molecule has 0 saturated carbocycles. The van der Waals surface area contributed by atoms with Gasteiger partial charge < -0.3 is 10.4 Å². The third kappa shape index (κ3) is 2.20. The van der Waals surface area contributed by atoms with Crippen LogP contribution in [0.2, 0.25) is 0 Å². The highest BCUT2D eigenvalue weighted by Crippen LogP contribution is 2.31. The smallest absolute Gasteiger partial charge is 0.347 e. The van der Waals surface area contributed by atoms with Crippen LogP contribution in [0.1, 0.15) is 10.4 Å². The summed E-state index contributed by atoms with van der Waals surface area (Å²) >= 11 is 0. The minimum Gasteiger partial charge on any atom is -0.478 e. The summed E-state index contributed by atoms with van der Waals surface area (Å²) in [7, 11) is 0. The lowest BCUT2D eigenvalue weighted by Crippen LogP contribution is -2.03. The Morgan fingerprint density at radius 3 is 2.55 bits per heavy atom. The van der Waals surface area contributed by atoms with Crippen molar-refractivity contribution in [3.05, 3.63) is 46.9 Å². The lowest BCUT2D eigenvalue weighted by atomic mass is 10.1. The van der Waals surface area contributed by atoms with E-state index in [-0.39, 0.29) is 27.2 Å². The minimum atomic E-state index is -1.09. The first kappa shape index (κ1) is 13.5. The first-order valence-corrected chi connectivity index (χ1v) is 6.08. The lowest BCUT2D eigenvalue weighted by Gasteiger charge is -2.08. The number of carboxylic acid groups (broad SMARTS) is 1. The molecule has 1 aromatic heterocycles. The zero-order chi connectivity index (χ0) is 15.7. The number of carboxylic acids is 1. The second-order valence-electron chi connectivity index (χ2n) is 4.34. The van der Waals surface area contributed by atoms with Gasteiger partial charge >= 0.3 is 11.7 Å². The molecule has 0 amide bonds. The van der Waals surface area contributed by atoms with Gasteiger partial charge in [0.15, 0.2) is 5.52 Å². The Morgan fingerprint density at radius 1 is 1.09 bits per heavy atom. The molecule has 0 unspecified atom stereocenters. The van der Waals surface area contributed by atoms with Crippen LogP contribution in [-0.4, -0.2) is 31.5 Å². The lowest BCUT2D eigenvalue weighted by molar-refractivity contribution is -0.728. The molecule has 0 aliphatic rings. The average Bonchev–Trinajstić information content (AvgIpc) is 2.97. The highest BCUT2D eigenvalue weighted by Gasteiger charge is 2.23. The van der Waals surface area contributed by atoms with Crippen molar-refractivity contribution in [2.75, 3.05) is 5.32 Å². The van der Waals surface area contributed by atoms with Crippen LogP contribution < -0.4 is 5.32 Å². The fourth-order valence-electron chi connectivity index (χ4n) is 2.03. The van der Waals surface area contributed by atoms with E-state index in [9.17, 15) is 9.70 Å². The minimum absolute atomic E-state index is 0.0512. The fourth-order valence-corrected chi connectivity index (χ4v) is 2.03. The maximum atomic E-state index is 11.2. The second-order valence-corrected chi connectivity index (χ2v) is 4.34. The molecule has 3 N–H and O–H groups in total. The summed E-state index contributed by atoms with van der Waals surface area (Å²) in [6.07, 6.45) is 0. The zero-order valence-corrected chi connectivity index (χ0v) is 10.9.